The predicted molar refractivity (Wildman–Crippen MR) is 84.9 cm³/mol. The Labute approximate surface area is 120 Å². The van der Waals surface area contributed by atoms with E-state index >= 15 is 0 Å². The summed E-state index contributed by atoms with van der Waals surface area (Å²) in [5.74, 6) is 2.95. The Morgan fingerprint density at radius 3 is 2.20 bits per heavy atom. The Morgan fingerprint density at radius 1 is 0.950 bits per heavy atom. The lowest BCUT2D eigenvalue weighted by atomic mass is 10.1. The van der Waals surface area contributed by atoms with Gasteiger partial charge in [-0.1, -0.05) is 44.2 Å². The van der Waals surface area contributed by atoms with Crippen molar-refractivity contribution in [3.8, 4) is 11.4 Å². The second-order valence-electron chi connectivity index (χ2n) is 5.26. The van der Waals surface area contributed by atoms with Gasteiger partial charge in [-0.15, -0.1) is 0 Å². The number of rotatable bonds is 5. The number of anilines is 2. The van der Waals surface area contributed by atoms with Crippen LogP contribution in [0.5, 0.6) is 0 Å². The summed E-state index contributed by atoms with van der Waals surface area (Å²) in [6.45, 7) is 6.54. The first kappa shape index (κ1) is 14.3. The Morgan fingerprint density at radius 2 is 1.60 bits per heavy atom. The predicted octanol–water partition coefficient (Wildman–Crippen LogP) is 3.64. The summed E-state index contributed by atoms with van der Waals surface area (Å²) in [7, 11) is 1.87. The third-order valence-corrected chi connectivity index (χ3v) is 3.39. The lowest BCUT2D eigenvalue weighted by Gasteiger charge is -2.19. The second-order valence-corrected chi connectivity index (χ2v) is 5.26. The molecule has 0 fully saturated rings. The molecule has 1 aromatic carbocycles. The summed E-state index contributed by atoms with van der Waals surface area (Å²) >= 11 is 0. The van der Waals surface area contributed by atoms with Crippen molar-refractivity contribution in [3.63, 3.8) is 0 Å². The van der Waals surface area contributed by atoms with E-state index < -0.39 is 0 Å². The minimum atomic E-state index is 0.359. The van der Waals surface area contributed by atoms with Gasteiger partial charge in [-0.3, -0.25) is 0 Å². The molecule has 4 nitrogen and oxygen atoms in total. The van der Waals surface area contributed by atoms with E-state index in [2.05, 4.69) is 41.4 Å². The molecule has 2 aromatic rings. The van der Waals surface area contributed by atoms with E-state index in [0.717, 1.165) is 23.0 Å². The van der Waals surface area contributed by atoms with Crippen LogP contribution in [0.25, 0.3) is 11.4 Å². The van der Waals surface area contributed by atoms with Crippen molar-refractivity contribution in [2.24, 2.45) is 5.92 Å². The second kappa shape index (κ2) is 6.37. The highest BCUT2D eigenvalue weighted by atomic mass is 15.1. The van der Waals surface area contributed by atoms with E-state index in [9.17, 15) is 0 Å². The first-order chi connectivity index (χ1) is 9.60. The zero-order valence-corrected chi connectivity index (χ0v) is 12.5. The standard InChI is InChI=1S/C16H22N4/c1-11(2)12(3)18-15-10-14(17-4)19-16(20-15)13-8-6-5-7-9-13/h5-12H,1-4H3,(H2,17,18,19,20). The van der Waals surface area contributed by atoms with Crippen LogP contribution in [-0.2, 0) is 0 Å². The molecule has 1 atom stereocenters. The molecular weight excluding hydrogens is 248 g/mol. The molecule has 1 heterocycles. The van der Waals surface area contributed by atoms with Gasteiger partial charge in [-0.05, 0) is 12.8 Å². The quantitative estimate of drug-likeness (QED) is 0.871. The molecule has 0 bridgehead atoms. The van der Waals surface area contributed by atoms with Crippen LogP contribution in [0.2, 0.25) is 0 Å². The summed E-state index contributed by atoms with van der Waals surface area (Å²) in [4.78, 5) is 9.12. The molecule has 0 saturated heterocycles. The molecule has 2 rings (SSSR count). The summed E-state index contributed by atoms with van der Waals surface area (Å²) in [5.41, 5.74) is 1.02. The average molecular weight is 270 g/mol. The van der Waals surface area contributed by atoms with Crippen molar-refractivity contribution >= 4 is 11.6 Å². The molecular formula is C16H22N4. The zero-order chi connectivity index (χ0) is 14.5. The number of aromatic nitrogens is 2. The van der Waals surface area contributed by atoms with Gasteiger partial charge in [0, 0.05) is 24.7 Å². The Hall–Kier alpha value is -2.10. The van der Waals surface area contributed by atoms with Crippen molar-refractivity contribution in [1.82, 2.24) is 9.97 Å². The highest BCUT2D eigenvalue weighted by molar-refractivity contribution is 5.61. The van der Waals surface area contributed by atoms with Gasteiger partial charge < -0.3 is 10.6 Å². The van der Waals surface area contributed by atoms with Crippen molar-refractivity contribution in [1.29, 1.82) is 0 Å². The van der Waals surface area contributed by atoms with Crippen LogP contribution in [0.1, 0.15) is 20.8 Å². The Bertz CT molecular complexity index is 552. The summed E-state index contributed by atoms with van der Waals surface area (Å²) in [6, 6.07) is 12.3. The van der Waals surface area contributed by atoms with Crippen LogP contribution in [-0.4, -0.2) is 23.1 Å². The number of nitrogens with zero attached hydrogens (tertiary/aromatic N) is 2. The summed E-state index contributed by atoms with van der Waals surface area (Å²) in [5, 5.41) is 6.52. The van der Waals surface area contributed by atoms with Crippen LogP contribution in [0.15, 0.2) is 36.4 Å². The van der Waals surface area contributed by atoms with Gasteiger partial charge in [-0.25, -0.2) is 9.97 Å². The van der Waals surface area contributed by atoms with E-state index in [1.807, 2.05) is 43.4 Å². The maximum Gasteiger partial charge on any atom is 0.163 e. The number of nitrogens with one attached hydrogen (secondary N) is 2. The smallest absolute Gasteiger partial charge is 0.163 e. The molecule has 0 aliphatic carbocycles. The van der Waals surface area contributed by atoms with Crippen molar-refractivity contribution in [3.05, 3.63) is 36.4 Å². The SMILES string of the molecule is CNc1cc(NC(C)C(C)C)nc(-c2ccccc2)n1. The molecule has 0 aliphatic heterocycles. The van der Waals surface area contributed by atoms with Gasteiger partial charge >= 0.3 is 0 Å². The molecule has 0 amide bonds. The minimum absolute atomic E-state index is 0.359. The minimum Gasteiger partial charge on any atom is -0.373 e. The monoisotopic (exact) mass is 270 g/mol. The zero-order valence-electron chi connectivity index (χ0n) is 12.5. The van der Waals surface area contributed by atoms with Gasteiger partial charge in [0.2, 0.25) is 0 Å². The fourth-order valence-corrected chi connectivity index (χ4v) is 1.77. The average Bonchev–Trinajstić information content (AvgIpc) is 2.47. The third-order valence-electron chi connectivity index (χ3n) is 3.39. The topological polar surface area (TPSA) is 49.8 Å². The molecule has 4 heteroatoms. The highest BCUT2D eigenvalue weighted by Gasteiger charge is 2.10. The van der Waals surface area contributed by atoms with E-state index in [-0.39, 0.29) is 0 Å². The summed E-state index contributed by atoms with van der Waals surface area (Å²) in [6.07, 6.45) is 0. The maximum atomic E-state index is 4.61. The van der Waals surface area contributed by atoms with Gasteiger partial charge in [0.1, 0.15) is 11.6 Å². The van der Waals surface area contributed by atoms with Gasteiger partial charge in [0.25, 0.3) is 0 Å². The maximum absolute atomic E-state index is 4.61. The first-order valence-electron chi connectivity index (χ1n) is 6.99. The lowest BCUT2D eigenvalue weighted by molar-refractivity contribution is 0.558. The van der Waals surface area contributed by atoms with Crippen molar-refractivity contribution < 1.29 is 0 Å². The van der Waals surface area contributed by atoms with E-state index in [1.165, 1.54) is 0 Å². The molecule has 0 spiro atoms. The van der Waals surface area contributed by atoms with Crippen LogP contribution in [0, 0.1) is 5.92 Å². The van der Waals surface area contributed by atoms with Gasteiger partial charge in [0.15, 0.2) is 5.82 Å². The Kier molecular flexibility index (Phi) is 4.56. The molecule has 20 heavy (non-hydrogen) atoms. The van der Waals surface area contributed by atoms with Crippen LogP contribution < -0.4 is 10.6 Å². The number of hydrogen-bond acceptors (Lipinski definition) is 4. The molecule has 106 valence electrons. The fourth-order valence-electron chi connectivity index (χ4n) is 1.77. The van der Waals surface area contributed by atoms with Gasteiger partial charge in [0.05, 0.1) is 0 Å². The largest absolute Gasteiger partial charge is 0.373 e. The highest BCUT2D eigenvalue weighted by Crippen LogP contribution is 2.21. The molecule has 0 aliphatic rings. The molecule has 0 saturated carbocycles. The van der Waals surface area contributed by atoms with Crippen molar-refractivity contribution in [2.75, 3.05) is 17.7 Å². The molecule has 1 aromatic heterocycles. The normalized spacial score (nSPS) is 12.2. The fraction of sp³-hybridized carbons (Fsp3) is 0.375. The van der Waals surface area contributed by atoms with Crippen LogP contribution in [0.4, 0.5) is 11.6 Å². The van der Waals surface area contributed by atoms with E-state index in [0.29, 0.717) is 12.0 Å². The number of hydrogen-bond donors (Lipinski definition) is 2. The van der Waals surface area contributed by atoms with Crippen molar-refractivity contribution in [2.45, 2.75) is 26.8 Å². The van der Waals surface area contributed by atoms with Crippen LogP contribution >= 0.6 is 0 Å². The van der Waals surface area contributed by atoms with Gasteiger partial charge in [-0.2, -0.15) is 0 Å². The molecule has 2 N–H and O–H groups in total. The third kappa shape index (κ3) is 3.47. The first-order valence-corrected chi connectivity index (χ1v) is 6.99. The molecule has 1 unspecified atom stereocenters. The lowest BCUT2D eigenvalue weighted by Crippen LogP contribution is -2.22. The number of benzene rings is 1. The summed E-state index contributed by atoms with van der Waals surface area (Å²) < 4.78 is 0. The van der Waals surface area contributed by atoms with E-state index in [4.69, 9.17) is 0 Å². The van der Waals surface area contributed by atoms with E-state index in [1.54, 1.807) is 0 Å². The Balaban J connectivity index is 2.34. The molecule has 0 radical (unpaired) electrons. The van der Waals surface area contributed by atoms with Crippen LogP contribution in [0.3, 0.4) is 0 Å².